The van der Waals surface area contributed by atoms with Gasteiger partial charge in [0.05, 0.1) is 6.33 Å². The van der Waals surface area contributed by atoms with Crippen LogP contribution in [0, 0.1) is 0 Å². The monoisotopic (exact) mass is 320 g/mol. The molecule has 2 N–H and O–H groups in total. The Morgan fingerprint density at radius 1 is 1.12 bits per heavy atom. The Hall–Kier alpha value is -2.47. The smallest absolute Gasteiger partial charge is 0.165 e. The molecule has 122 valence electrons. The molecule has 1 fully saturated rings. The third kappa shape index (κ3) is 1.72. The van der Waals surface area contributed by atoms with Gasteiger partial charge in [-0.25, -0.2) is 15.0 Å². The largest absolute Gasteiger partial charge is 0.329 e. The van der Waals surface area contributed by atoms with E-state index >= 15 is 0 Å². The van der Waals surface area contributed by atoms with Crippen LogP contribution in [0.4, 0.5) is 11.5 Å². The first kappa shape index (κ1) is 13.9. The highest BCUT2D eigenvalue weighted by atomic mass is 15.3. The van der Waals surface area contributed by atoms with Crippen molar-refractivity contribution in [3.8, 4) is 0 Å². The molecule has 5 rings (SSSR count). The number of para-hydroxylation sites is 1. The number of nitrogens with one attached hydrogen (secondary N) is 2. The third-order valence-electron chi connectivity index (χ3n) is 5.81. The molecule has 0 saturated carbocycles. The van der Waals surface area contributed by atoms with Crippen molar-refractivity contribution in [2.24, 2.45) is 0 Å². The number of aromatic amines is 1. The first-order valence-electron chi connectivity index (χ1n) is 8.55. The molecule has 0 radical (unpaired) electrons. The molecular weight excluding hydrogens is 300 g/mol. The number of rotatable bonds is 1. The van der Waals surface area contributed by atoms with E-state index in [-0.39, 0.29) is 5.41 Å². The number of benzene rings is 1. The van der Waals surface area contributed by atoms with Crippen LogP contribution >= 0.6 is 0 Å². The molecule has 3 aromatic rings. The molecule has 6 nitrogen and oxygen atoms in total. The average molecular weight is 320 g/mol. The fraction of sp³-hybridized carbons (Fsp3) is 0.389. The lowest BCUT2D eigenvalue weighted by Crippen LogP contribution is -2.48. The summed E-state index contributed by atoms with van der Waals surface area (Å²) in [6.45, 7) is 4.45. The van der Waals surface area contributed by atoms with Crippen LogP contribution in [0.2, 0.25) is 0 Å². The number of H-pyrrole nitrogens is 1. The third-order valence-corrected chi connectivity index (χ3v) is 5.81. The Labute approximate surface area is 140 Å². The van der Waals surface area contributed by atoms with E-state index in [1.807, 2.05) is 0 Å². The van der Waals surface area contributed by atoms with Crippen LogP contribution in [0.1, 0.15) is 25.3 Å². The molecule has 24 heavy (non-hydrogen) atoms. The number of imidazole rings is 1. The molecule has 2 aromatic heterocycles. The fourth-order valence-corrected chi connectivity index (χ4v) is 4.57. The van der Waals surface area contributed by atoms with E-state index in [1.54, 1.807) is 12.7 Å². The predicted molar refractivity (Wildman–Crippen MR) is 93.5 cm³/mol. The number of hydrogen-bond acceptors (Lipinski definition) is 5. The Kier molecular flexibility index (Phi) is 2.91. The Bertz CT molecular complexity index is 895. The molecule has 2 aliphatic rings. The lowest BCUT2D eigenvalue weighted by atomic mass is 9.70. The Morgan fingerprint density at radius 3 is 2.83 bits per heavy atom. The molecule has 0 bridgehead atoms. The van der Waals surface area contributed by atoms with Crippen molar-refractivity contribution < 1.29 is 0 Å². The van der Waals surface area contributed by atoms with Gasteiger partial charge in [0.2, 0.25) is 0 Å². The molecule has 2 aliphatic heterocycles. The van der Waals surface area contributed by atoms with Crippen LogP contribution in [0.5, 0.6) is 0 Å². The van der Waals surface area contributed by atoms with Crippen molar-refractivity contribution in [3.63, 3.8) is 0 Å². The molecule has 0 amide bonds. The van der Waals surface area contributed by atoms with Gasteiger partial charge in [0.25, 0.3) is 0 Å². The fourth-order valence-electron chi connectivity index (χ4n) is 4.57. The van der Waals surface area contributed by atoms with Crippen LogP contribution in [-0.4, -0.2) is 39.1 Å². The molecule has 0 aliphatic carbocycles. The topological polar surface area (TPSA) is 69.7 Å². The van der Waals surface area contributed by atoms with Crippen molar-refractivity contribution in [2.75, 3.05) is 18.0 Å². The normalized spacial score (nSPS) is 22.2. The Balaban J connectivity index is 1.74. The van der Waals surface area contributed by atoms with Crippen LogP contribution in [0.3, 0.4) is 0 Å². The van der Waals surface area contributed by atoms with Crippen molar-refractivity contribution in [2.45, 2.75) is 31.2 Å². The quantitative estimate of drug-likeness (QED) is 0.721. The van der Waals surface area contributed by atoms with E-state index in [9.17, 15) is 0 Å². The summed E-state index contributed by atoms with van der Waals surface area (Å²) in [6.07, 6.45) is 5.61. The van der Waals surface area contributed by atoms with Crippen LogP contribution in [0.25, 0.3) is 11.2 Å². The minimum Gasteiger partial charge on any atom is -0.329 e. The van der Waals surface area contributed by atoms with Gasteiger partial charge in [0.15, 0.2) is 17.0 Å². The molecule has 1 spiro atoms. The van der Waals surface area contributed by atoms with Crippen LogP contribution in [0.15, 0.2) is 36.9 Å². The van der Waals surface area contributed by atoms with E-state index < -0.39 is 0 Å². The number of aromatic nitrogens is 4. The standard InChI is InChI=1S/C18H20N6/c1-12-18(6-8-19-9-7-18)13-4-2-3-5-14(13)24(12)17-15-16(21-10-20-15)22-11-23-17/h2-5,10-12,19H,6-9H2,1H3,(H,20,21,22,23). The summed E-state index contributed by atoms with van der Waals surface area (Å²) in [6, 6.07) is 9.11. The molecule has 1 atom stereocenters. The Morgan fingerprint density at radius 2 is 1.96 bits per heavy atom. The number of piperidine rings is 1. The maximum Gasteiger partial charge on any atom is 0.165 e. The van der Waals surface area contributed by atoms with Gasteiger partial charge in [0.1, 0.15) is 6.33 Å². The van der Waals surface area contributed by atoms with Crippen molar-refractivity contribution >= 4 is 22.7 Å². The van der Waals surface area contributed by atoms with Gasteiger partial charge in [-0.15, -0.1) is 0 Å². The lowest BCUT2D eigenvalue weighted by Gasteiger charge is -2.40. The zero-order valence-electron chi connectivity index (χ0n) is 13.7. The number of anilines is 2. The summed E-state index contributed by atoms with van der Waals surface area (Å²) < 4.78 is 0. The second-order valence-electron chi connectivity index (χ2n) is 6.77. The molecular formula is C18H20N6. The van der Waals surface area contributed by atoms with Gasteiger partial charge in [-0.3, -0.25) is 0 Å². The maximum atomic E-state index is 4.61. The average Bonchev–Trinajstić information content (AvgIpc) is 3.19. The molecule has 4 heterocycles. The van der Waals surface area contributed by atoms with Crippen LogP contribution < -0.4 is 10.2 Å². The van der Waals surface area contributed by atoms with Gasteiger partial charge in [-0.05, 0) is 44.5 Å². The minimum atomic E-state index is 0.176. The SMILES string of the molecule is CC1N(c2ncnc3[nH]cnc23)c2ccccc2C12CCNCC2. The second kappa shape index (κ2) is 5.01. The summed E-state index contributed by atoms with van der Waals surface area (Å²) >= 11 is 0. The highest BCUT2D eigenvalue weighted by Gasteiger charge is 2.50. The van der Waals surface area contributed by atoms with E-state index in [0.29, 0.717) is 6.04 Å². The van der Waals surface area contributed by atoms with Crippen molar-refractivity contribution in [1.82, 2.24) is 25.3 Å². The van der Waals surface area contributed by atoms with E-state index in [2.05, 4.69) is 61.3 Å². The van der Waals surface area contributed by atoms with Crippen LogP contribution in [-0.2, 0) is 5.41 Å². The van der Waals surface area contributed by atoms with Crippen molar-refractivity contribution in [1.29, 1.82) is 0 Å². The number of nitrogens with zero attached hydrogens (tertiary/aromatic N) is 4. The van der Waals surface area contributed by atoms with E-state index in [0.717, 1.165) is 42.9 Å². The lowest BCUT2D eigenvalue weighted by molar-refractivity contribution is 0.281. The predicted octanol–water partition coefficient (Wildman–Crippen LogP) is 2.51. The summed E-state index contributed by atoms with van der Waals surface area (Å²) in [5.74, 6) is 0.900. The summed E-state index contributed by atoms with van der Waals surface area (Å²) in [5, 5.41) is 3.51. The first-order valence-corrected chi connectivity index (χ1v) is 8.55. The zero-order chi connectivity index (χ0) is 16.1. The molecule has 1 saturated heterocycles. The first-order chi connectivity index (χ1) is 11.8. The summed E-state index contributed by atoms with van der Waals surface area (Å²) in [7, 11) is 0. The maximum absolute atomic E-state index is 4.61. The molecule has 1 aromatic carbocycles. The van der Waals surface area contributed by atoms with Gasteiger partial charge in [-0.1, -0.05) is 18.2 Å². The summed E-state index contributed by atoms with van der Waals surface area (Å²) in [5.41, 5.74) is 4.51. The number of fused-ring (bicyclic) bond motifs is 3. The zero-order valence-corrected chi connectivity index (χ0v) is 13.7. The minimum absolute atomic E-state index is 0.176. The second-order valence-corrected chi connectivity index (χ2v) is 6.77. The number of hydrogen-bond donors (Lipinski definition) is 2. The summed E-state index contributed by atoms with van der Waals surface area (Å²) in [4.78, 5) is 18.8. The molecule has 6 heteroatoms. The highest BCUT2D eigenvalue weighted by molar-refractivity contribution is 5.88. The highest BCUT2D eigenvalue weighted by Crippen LogP contribution is 2.52. The molecule has 1 unspecified atom stereocenters. The van der Waals surface area contributed by atoms with Gasteiger partial charge in [0, 0.05) is 17.1 Å². The van der Waals surface area contributed by atoms with Gasteiger partial charge < -0.3 is 15.2 Å². The van der Waals surface area contributed by atoms with Crippen molar-refractivity contribution in [3.05, 3.63) is 42.5 Å². The van der Waals surface area contributed by atoms with E-state index in [1.165, 1.54) is 11.3 Å². The van der Waals surface area contributed by atoms with Gasteiger partial charge in [-0.2, -0.15) is 0 Å². The van der Waals surface area contributed by atoms with Gasteiger partial charge >= 0.3 is 0 Å². The van der Waals surface area contributed by atoms with E-state index in [4.69, 9.17) is 0 Å².